The number of aliphatic hydroxyl groups excluding tert-OH is 1. The number of hydrogen-bond donors (Lipinski definition) is 3. The Bertz CT molecular complexity index is 1120. The second-order valence-electron chi connectivity index (χ2n) is 9.84. The van der Waals surface area contributed by atoms with E-state index in [1.165, 1.54) is 24.2 Å². The third kappa shape index (κ3) is 6.05. The summed E-state index contributed by atoms with van der Waals surface area (Å²) in [6.07, 6.45) is 8.32. The summed E-state index contributed by atoms with van der Waals surface area (Å²) >= 11 is 1.38. The van der Waals surface area contributed by atoms with Gasteiger partial charge in [-0.1, -0.05) is 36.3 Å². The van der Waals surface area contributed by atoms with Crippen molar-refractivity contribution < 1.29 is 18.3 Å². The van der Waals surface area contributed by atoms with Crippen molar-refractivity contribution in [3.63, 3.8) is 0 Å². The van der Waals surface area contributed by atoms with Gasteiger partial charge < -0.3 is 10.4 Å². The quantitative estimate of drug-likeness (QED) is 0.479. The van der Waals surface area contributed by atoms with Gasteiger partial charge in [-0.15, -0.1) is 0 Å². The van der Waals surface area contributed by atoms with E-state index in [0.29, 0.717) is 23.0 Å². The molecule has 2 fully saturated rings. The largest absolute Gasteiger partial charge is 0.396 e. The number of thiazole rings is 1. The third-order valence-electron chi connectivity index (χ3n) is 7.16. The number of aromatic nitrogens is 1. The van der Waals surface area contributed by atoms with Crippen LogP contribution in [0.3, 0.4) is 0 Å². The minimum Gasteiger partial charge on any atom is -0.396 e. The molecule has 2 aromatic rings. The fourth-order valence-electron chi connectivity index (χ4n) is 5.14. The van der Waals surface area contributed by atoms with Crippen LogP contribution in [0.25, 0.3) is 10.4 Å². The van der Waals surface area contributed by atoms with E-state index in [1.54, 1.807) is 13.0 Å². The summed E-state index contributed by atoms with van der Waals surface area (Å²) in [5.41, 5.74) is 2.23. The first kappa shape index (κ1) is 25.3. The van der Waals surface area contributed by atoms with Crippen LogP contribution in [0.4, 0.5) is 5.13 Å². The lowest BCUT2D eigenvalue weighted by Gasteiger charge is -2.28. The van der Waals surface area contributed by atoms with Gasteiger partial charge in [0.05, 0.1) is 15.5 Å². The molecule has 2 aliphatic carbocycles. The molecule has 0 aliphatic heterocycles. The maximum Gasteiger partial charge on any atom is 0.241 e. The molecule has 0 bridgehead atoms. The first-order valence-corrected chi connectivity index (χ1v) is 14.6. The SMILES string of the molecule is Cc1ccc(-c2sc(NC(=O)CC3CCCC3)nc2C)cc1S(=O)(=O)NC1CCC(CO)CC1. The summed E-state index contributed by atoms with van der Waals surface area (Å²) < 4.78 is 29.3. The van der Waals surface area contributed by atoms with Crippen molar-refractivity contribution in [2.24, 2.45) is 11.8 Å². The molecule has 1 aromatic heterocycles. The number of sulfonamides is 1. The van der Waals surface area contributed by atoms with E-state index in [2.05, 4.69) is 15.0 Å². The van der Waals surface area contributed by atoms with Crippen molar-refractivity contribution in [2.75, 3.05) is 11.9 Å². The van der Waals surface area contributed by atoms with Crippen molar-refractivity contribution in [2.45, 2.75) is 82.6 Å². The molecule has 4 rings (SSSR count). The zero-order valence-electron chi connectivity index (χ0n) is 20.0. The zero-order valence-corrected chi connectivity index (χ0v) is 21.6. The second kappa shape index (κ2) is 10.8. The minimum absolute atomic E-state index is 0.000470. The number of nitrogens with one attached hydrogen (secondary N) is 2. The highest BCUT2D eigenvalue weighted by molar-refractivity contribution is 7.89. The van der Waals surface area contributed by atoms with Crippen LogP contribution in [-0.4, -0.2) is 37.1 Å². The summed E-state index contributed by atoms with van der Waals surface area (Å²) in [6.45, 7) is 3.84. The number of hydrogen-bond acceptors (Lipinski definition) is 6. The van der Waals surface area contributed by atoms with Gasteiger partial charge in [0.15, 0.2) is 5.13 Å². The zero-order chi connectivity index (χ0) is 24.3. The van der Waals surface area contributed by atoms with Crippen LogP contribution in [0.5, 0.6) is 0 Å². The Morgan fingerprint density at radius 3 is 2.47 bits per heavy atom. The highest BCUT2D eigenvalue weighted by Gasteiger charge is 2.27. The van der Waals surface area contributed by atoms with Gasteiger partial charge in [-0.3, -0.25) is 4.79 Å². The van der Waals surface area contributed by atoms with Gasteiger partial charge in [0.1, 0.15) is 0 Å². The van der Waals surface area contributed by atoms with Gasteiger partial charge in [-0.2, -0.15) is 0 Å². The van der Waals surface area contributed by atoms with Crippen LogP contribution in [0.15, 0.2) is 23.1 Å². The molecule has 3 N–H and O–H groups in total. The van der Waals surface area contributed by atoms with Crippen LogP contribution in [0, 0.1) is 25.7 Å². The molecule has 0 atom stereocenters. The van der Waals surface area contributed by atoms with Gasteiger partial charge in [0.25, 0.3) is 0 Å². The molecule has 34 heavy (non-hydrogen) atoms. The van der Waals surface area contributed by atoms with Gasteiger partial charge in [-0.05, 0) is 81.4 Å². The van der Waals surface area contributed by atoms with Crippen molar-refractivity contribution in [1.29, 1.82) is 0 Å². The Labute approximate surface area is 206 Å². The van der Waals surface area contributed by atoms with Crippen molar-refractivity contribution in [3.05, 3.63) is 29.5 Å². The number of carbonyl (C=O) groups is 1. The minimum atomic E-state index is -3.68. The van der Waals surface area contributed by atoms with Gasteiger partial charge >= 0.3 is 0 Å². The molecule has 1 aromatic carbocycles. The Morgan fingerprint density at radius 1 is 1.09 bits per heavy atom. The molecule has 0 saturated heterocycles. The smallest absolute Gasteiger partial charge is 0.241 e. The van der Waals surface area contributed by atoms with E-state index in [1.807, 2.05) is 19.1 Å². The first-order chi connectivity index (χ1) is 16.2. The van der Waals surface area contributed by atoms with Crippen molar-refractivity contribution >= 4 is 32.4 Å². The lowest BCUT2D eigenvalue weighted by molar-refractivity contribution is -0.117. The molecule has 0 unspecified atom stereocenters. The Balaban J connectivity index is 1.48. The Hall–Kier alpha value is -1.81. The fourth-order valence-corrected chi connectivity index (χ4v) is 7.70. The average molecular weight is 506 g/mol. The number of anilines is 1. The Kier molecular flexibility index (Phi) is 8.07. The first-order valence-electron chi connectivity index (χ1n) is 12.3. The highest BCUT2D eigenvalue weighted by atomic mass is 32.2. The summed E-state index contributed by atoms with van der Waals surface area (Å²) in [7, 11) is -3.68. The van der Waals surface area contributed by atoms with E-state index >= 15 is 0 Å². The molecule has 7 nitrogen and oxygen atoms in total. The monoisotopic (exact) mass is 505 g/mol. The Morgan fingerprint density at radius 2 is 1.79 bits per heavy atom. The van der Waals surface area contributed by atoms with E-state index in [9.17, 15) is 18.3 Å². The molecular formula is C25H35N3O4S2. The van der Waals surface area contributed by atoms with Gasteiger partial charge in [0, 0.05) is 19.1 Å². The summed E-state index contributed by atoms with van der Waals surface area (Å²) in [4.78, 5) is 18.1. The predicted molar refractivity (Wildman–Crippen MR) is 135 cm³/mol. The number of amides is 1. The molecule has 0 radical (unpaired) electrons. The second-order valence-corrected chi connectivity index (χ2v) is 12.5. The molecule has 0 spiro atoms. The summed E-state index contributed by atoms with van der Waals surface area (Å²) in [5, 5.41) is 12.8. The fraction of sp³-hybridized carbons (Fsp3) is 0.600. The molecule has 2 aliphatic rings. The topological polar surface area (TPSA) is 108 Å². The highest BCUT2D eigenvalue weighted by Crippen LogP contribution is 2.35. The molecule has 186 valence electrons. The number of carbonyl (C=O) groups excluding carboxylic acids is 1. The predicted octanol–water partition coefficient (Wildman–Crippen LogP) is 4.78. The molecular weight excluding hydrogens is 470 g/mol. The lowest BCUT2D eigenvalue weighted by atomic mass is 9.87. The van der Waals surface area contributed by atoms with Crippen LogP contribution >= 0.6 is 11.3 Å². The normalized spacial score (nSPS) is 21.6. The van der Waals surface area contributed by atoms with E-state index in [4.69, 9.17) is 0 Å². The van der Waals surface area contributed by atoms with E-state index in [-0.39, 0.29) is 29.4 Å². The van der Waals surface area contributed by atoms with Crippen LogP contribution in [0.1, 0.15) is 69.0 Å². The number of aliphatic hydroxyl groups is 1. The number of aryl methyl sites for hydroxylation is 2. The van der Waals surface area contributed by atoms with E-state index in [0.717, 1.165) is 54.7 Å². The van der Waals surface area contributed by atoms with Crippen LogP contribution in [-0.2, 0) is 14.8 Å². The maximum absolute atomic E-state index is 13.2. The van der Waals surface area contributed by atoms with Gasteiger partial charge in [0.2, 0.25) is 15.9 Å². The number of rotatable bonds is 8. The number of benzene rings is 1. The standard InChI is InChI=1S/C25H35N3O4S2/c1-16-7-10-20(14-22(16)34(31,32)28-21-11-8-19(15-29)9-12-21)24-17(2)26-25(33-24)27-23(30)13-18-5-3-4-6-18/h7,10,14,18-19,21,28-29H,3-6,8-9,11-13,15H2,1-2H3,(H,26,27,30). The lowest BCUT2D eigenvalue weighted by Crippen LogP contribution is -2.38. The van der Waals surface area contributed by atoms with Crippen LogP contribution in [0.2, 0.25) is 0 Å². The van der Waals surface area contributed by atoms with Gasteiger partial charge in [-0.25, -0.2) is 18.1 Å². The van der Waals surface area contributed by atoms with Crippen LogP contribution < -0.4 is 10.0 Å². The third-order valence-corrected chi connectivity index (χ3v) is 9.94. The molecule has 1 amide bonds. The summed E-state index contributed by atoms with van der Waals surface area (Å²) in [5.74, 6) is 0.740. The van der Waals surface area contributed by atoms with Crippen molar-refractivity contribution in [3.8, 4) is 10.4 Å². The van der Waals surface area contributed by atoms with E-state index < -0.39 is 10.0 Å². The van der Waals surface area contributed by atoms with Crippen molar-refractivity contribution in [1.82, 2.24) is 9.71 Å². The molecule has 2 saturated carbocycles. The summed E-state index contributed by atoms with van der Waals surface area (Å²) in [6, 6.07) is 5.33. The average Bonchev–Trinajstić information content (AvgIpc) is 3.43. The molecule has 1 heterocycles. The maximum atomic E-state index is 13.2. The molecule has 9 heteroatoms. The number of nitrogens with zero attached hydrogens (tertiary/aromatic N) is 1.